The van der Waals surface area contributed by atoms with Crippen LogP contribution in [0.2, 0.25) is 0 Å². The van der Waals surface area contributed by atoms with Crippen molar-refractivity contribution in [3.05, 3.63) is 58.4 Å². The molecule has 25 heavy (non-hydrogen) atoms. The number of hydrogen-bond donors (Lipinski definition) is 1. The fourth-order valence-electron chi connectivity index (χ4n) is 3.17. The first-order valence-electron chi connectivity index (χ1n) is 8.68. The Balaban J connectivity index is 1.74. The number of β-amino-alcohol motifs (C(OH)–C–C–N with tert-alkyl or cyclic N) is 1. The highest BCUT2D eigenvalue weighted by Crippen LogP contribution is 2.17. The molecule has 132 valence electrons. The lowest BCUT2D eigenvalue weighted by atomic mass is 10.1. The SMILES string of the molecule is Cc1ccc(Cn2nc(C)c(/C=C/C(=O)N3CC[C@@H](O)C3)c2C)cc1. The zero-order valence-corrected chi connectivity index (χ0v) is 15.1. The number of likely N-dealkylation sites (tertiary alicyclic amines) is 1. The Morgan fingerprint density at radius 1 is 1.28 bits per heavy atom. The summed E-state index contributed by atoms with van der Waals surface area (Å²) in [6, 6.07) is 8.43. The lowest BCUT2D eigenvalue weighted by Gasteiger charge is -2.12. The number of aryl methyl sites for hydroxylation is 2. The topological polar surface area (TPSA) is 58.4 Å². The first-order valence-corrected chi connectivity index (χ1v) is 8.68. The summed E-state index contributed by atoms with van der Waals surface area (Å²) in [5, 5.41) is 14.2. The average molecular weight is 339 g/mol. The van der Waals surface area contributed by atoms with Crippen molar-refractivity contribution >= 4 is 12.0 Å². The van der Waals surface area contributed by atoms with E-state index in [2.05, 4.69) is 36.3 Å². The summed E-state index contributed by atoms with van der Waals surface area (Å²) in [4.78, 5) is 13.9. The lowest BCUT2D eigenvalue weighted by Crippen LogP contribution is -2.27. The van der Waals surface area contributed by atoms with E-state index < -0.39 is 6.10 Å². The third-order valence-electron chi connectivity index (χ3n) is 4.76. The Morgan fingerprint density at radius 2 is 2.00 bits per heavy atom. The van der Waals surface area contributed by atoms with Crippen molar-refractivity contribution in [1.82, 2.24) is 14.7 Å². The lowest BCUT2D eigenvalue weighted by molar-refractivity contribution is -0.125. The number of carbonyl (C=O) groups excluding carboxylic acids is 1. The van der Waals surface area contributed by atoms with Crippen LogP contribution in [0.3, 0.4) is 0 Å². The zero-order chi connectivity index (χ0) is 18.0. The predicted molar refractivity (Wildman–Crippen MR) is 98.2 cm³/mol. The molecule has 1 amide bonds. The van der Waals surface area contributed by atoms with Crippen molar-refractivity contribution < 1.29 is 9.90 Å². The number of amides is 1. The van der Waals surface area contributed by atoms with Gasteiger partial charge in [-0.1, -0.05) is 29.8 Å². The Labute approximate surface area is 148 Å². The van der Waals surface area contributed by atoms with Gasteiger partial charge < -0.3 is 10.0 Å². The number of aliphatic hydroxyl groups is 1. The van der Waals surface area contributed by atoms with Gasteiger partial charge in [0.15, 0.2) is 0 Å². The summed E-state index contributed by atoms with van der Waals surface area (Å²) in [6.07, 6.45) is 3.70. The van der Waals surface area contributed by atoms with E-state index in [1.165, 1.54) is 11.1 Å². The number of nitrogens with zero attached hydrogens (tertiary/aromatic N) is 3. The molecule has 1 fully saturated rings. The van der Waals surface area contributed by atoms with Crippen LogP contribution in [0, 0.1) is 20.8 Å². The molecule has 1 saturated heterocycles. The maximum atomic E-state index is 12.2. The minimum atomic E-state index is -0.391. The quantitative estimate of drug-likeness (QED) is 0.871. The van der Waals surface area contributed by atoms with Gasteiger partial charge in [0.1, 0.15) is 0 Å². The molecule has 5 heteroatoms. The third-order valence-corrected chi connectivity index (χ3v) is 4.76. The molecule has 1 aromatic carbocycles. The highest BCUT2D eigenvalue weighted by molar-refractivity contribution is 5.92. The van der Waals surface area contributed by atoms with Crippen LogP contribution in [0.15, 0.2) is 30.3 Å². The van der Waals surface area contributed by atoms with Gasteiger partial charge in [-0.3, -0.25) is 9.48 Å². The van der Waals surface area contributed by atoms with Gasteiger partial charge in [-0.15, -0.1) is 0 Å². The molecule has 3 rings (SSSR count). The summed E-state index contributed by atoms with van der Waals surface area (Å²) < 4.78 is 1.98. The Bertz CT molecular complexity index is 790. The van der Waals surface area contributed by atoms with E-state index in [4.69, 9.17) is 0 Å². The minimum Gasteiger partial charge on any atom is -0.391 e. The maximum absolute atomic E-state index is 12.2. The molecule has 2 aromatic rings. The highest BCUT2D eigenvalue weighted by Gasteiger charge is 2.23. The molecular weight excluding hydrogens is 314 g/mol. The first-order chi connectivity index (χ1) is 11.9. The monoisotopic (exact) mass is 339 g/mol. The second-order valence-corrected chi connectivity index (χ2v) is 6.79. The number of rotatable bonds is 4. The number of carbonyl (C=O) groups is 1. The molecule has 1 atom stereocenters. The summed E-state index contributed by atoms with van der Waals surface area (Å²) >= 11 is 0. The molecule has 5 nitrogen and oxygen atoms in total. The van der Waals surface area contributed by atoms with E-state index >= 15 is 0 Å². The van der Waals surface area contributed by atoms with Gasteiger partial charge in [0.05, 0.1) is 18.3 Å². The van der Waals surface area contributed by atoms with Crippen LogP contribution in [0.4, 0.5) is 0 Å². The molecule has 0 spiro atoms. The second kappa shape index (κ2) is 7.23. The van der Waals surface area contributed by atoms with E-state index in [0.717, 1.165) is 17.0 Å². The molecular formula is C20H25N3O2. The zero-order valence-electron chi connectivity index (χ0n) is 15.1. The van der Waals surface area contributed by atoms with E-state index in [-0.39, 0.29) is 5.91 Å². The third kappa shape index (κ3) is 3.99. The summed E-state index contributed by atoms with van der Waals surface area (Å²) in [6.45, 7) is 7.82. The molecule has 1 aliphatic heterocycles. The molecule has 1 aliphatic rings. The van der Waals surface area contributed by atoms with Gasteiger partial charge >= 0.3 is 0 Å². The van der Waals surface area contributed by atoms with E-state index in [9.17, 15) is 9.90 Å². The van der Waals surface area contributed by atoms with Gasteiger partial charge in [-0.05, 0) is 38.8 Å². The Kier molecular flexibility index (Phi) is 5.04. The van der Waals surface area contributed by atoms with Crippen LogP contribution < -0.4 is 0 Å². The van der Waals surface area contributed by atoms with Crippen molar-refractivity contribution in [2.75, 3.05) is 13.1 Å². The fraction of sp³-hybridized carbons (Fsp3) is 0.400. The van der Waals surface area contributed by atoms with Gasteiger partial charge in [-0.2, -0.15) is 5.10 Å². The van der Waals surface area contributed by atoms with Gasteiger partial charge in [0, 0.05) is 30.4 Å². The maximum Gasteiger partial charge on any atom is 0.246 e. The van der Waals surface area contributed by atoms with Crippen LogP contribution in [0.25, 0.3) is 6.08 Å². The van der Waals surface area contributed by atoms with Gasteiger partial charge in [0.25, 0.3) is 0 Å². The molecule has 1 N–H and O–H groups in total. The van der Waals surface area contributed by atoms with Crippen LogP contribution in [0.5, 0.6) is 0 Å². The Morgan fingerprint density at radius 3 is 2.64 bits per heavy atom. The number of benzene rings is 1. The number of hydrogen-bond acceptors (Lipinski definition) is 3. The number of aromatic nitrogens is 2. The minimum absolute atomic E-state index is 0.0540. The smallest absolute Gasteiger partial charge is 0.246 e. The van der Waals surface area contributed by atoms with Crippen LogP contribution in [0.1, 0.15) is 34.5 Å². The standard InChI is InChI=1S/C20H25N3O2/c1-14-4-6-17(7-5-14)12-23-16(3)19(15(2)21-23)8-9-20(25)22-11-10-18(24)13-22/h4-9,18,24H,10-13H2,1-3H3/b9-8+/t18-/m1/s1. The highest BCUT2D eigenvalue weighted by atomic mass is 16.3. The fourth-order valence-corrected chi connectivity index (χ4v) is 3.17. The van der Waals surface area contributed by atoms with E-state index in [1.807, 2.05) is 24.6 Å². The average Bonchev–Trinajstić information content (AvgIpc) is 3.12. The summed E-state index contributed by atoms with van der Waals surface area (Å²) in [5.74, 6) is -0.0540. The first kappa shape index (κ1) is 17.4. The molecule has 2 heterocycles. The number of aliphatic hydroxyl groups excluding tert-OH is 1. The van der Waals surface area contributed by atoms with Gasteiger partial charge in [0.2, 0.25) is 5.91 Å². The normalized spacial score (nSPS) is 17.6. The largest absolute Gasteiger partial charge is 0.391 e. The molecule has 0 radical (unpaired) electrons. The van der Waals surface area contributed by atoms with E-state index in [0.29, 0.717) is 26.1 Å². The molecule has 0 bridgehead atoms. The van der Waals surface area contributed by atoms with Crippen LogP contribution in [-0.4, -0.2) is 44.9 Å². The van der Waals surface area contributed by atoms with E-state index in [1.54, 1.807) is 11.0 Å². The van der Waals surface area contributed by atoms with Crippen molar-refractivity contribution in [2.24, 2.45) is 0 Å². The molecule has 0 unspecified atom stereocenters. The molecule has 0 aliphatic carbocycles. The van der Waals surface area contributed by atoms with Crippen molar-refractivity contribution in [3.63, 3.8) is 0 Å². The summed E-state index contributed by atoms with van der Waals surface area (Å²) in [5.41, 5.74) is 5.39. The second-order valence-electron chi connectivity index (χ2n) is 6.79. The predicted octanol–water partition coefficient (Wildman–Crippen LogP) is 2.46. The van der Waals surface area contributed by atoms with Crippen molar-refractivity contribution in [1.29, 1.82) is 0 Å². The molecule has 0 saturated carbocycles. The van der Waals surface area contributed by atoms with Crippen LogP contribution in [-0.2, 0) is 11.3 Å². The van der Waals surface area contributed by atoms with Crippen molar-refractivity contribution in [2.45, 2.75) is 39.8 Å². The molecule has 1 aromatic heterocycles. The summed E-state index contributed by atoms with van der Waals surface area (Å²) in [7, 11) is 0. The van der Waals surface area contributed by atoms with Crippen LogP contribution >= 0.6 is 0 Å². The van der Waals surface area contributed by atoms with Gasteiger partial charge in [-0.25, -0.2) is 0 Å². The van der Waals surface area contributed by atoms with Crippen molar-refractivity contribution in [3.8, 4) is 0 Å². The Hall–Kier alpha value is -2.40.